The van der Waals surface area contributed by atoms with Crippen molar-refractivity contribution in [3.8, 4) is 0 Å². The van der Waals surface area contributed by atoms with Gasteiger partial charge in [-0.05, 0) is 51.7 Å². The first-order chi connectivity index (χ1) is 16.4. The van der Waals surface area contributed by atoms with Crippen molar-refractivity contribution in [3.05, 3.63) is 35.8 Å². The Kier molecular flexibility index (Phi) is 7.98. The number of aromatic nitrogens is 4. The van der Waals surface area contributed by atoms with Crippen LogP contribution in [0.2, 0.25) is 0 Å². The summed E-state index contributed by atoms with van der Waals surface area (Å²) in [6.45, 7) is 7.40. The SMILES string of the molecule is CC(C)(N)c1cn(C2CCN(c3ccc(C(=O)N4CCCC4)cn3)CC2)nn1.O=C(O)C(F)(F)F. The molecular formula is C22H30F3N7O3. The molecule has 0 spiro atoms. The number of hydrogen-bond donors (Lipinski definition) is 2. The number of carboxylic acids is 1. The second kappa shape index (κ2) is 10.6. The van der Waals surface area contributed by atoms with Gasteiger partial charge in [0.1, 0.15) is 11.5 Å². The molecule has 2 fully saturated rings. The summed E-state index contributed by atoms with van der Waals surface area (Å²) in [7, 11) is 0. The molecule has 2 aliphatic heterocycles. The largest absolute Gasteiger partial charge is 0.490 e. The predicted molar refractivity (Wildman–Crippen MR) is 121 cm³/mol. The minimum absolute atomic E-state index is 0.0973. The molecule has 0 aliphatic carbocycles. The average Bonchev–Trinajstić information content (AvgIpc) is 3.51. The summed E-state index contributed by atoms with van der Waals surface area (Å²) < 4.78 is 33.7. The van der Waals surface area contributed by atoms with Gasteiger partial charge in [-0.1, -0.05) is 5.21 Å². The number of nitrogens with two attached hydrogens (primary N) is 1. The van der Waals surface area contributed by atoms with Gasteiger partial charge in [0.05, 0.1) is 23.3 Å². The van der Waals surface area contributed by atoms with E-state index in [-0.39, 0.29) is 5.91 Å². The van der Waals surface area contributed by atoms with Crippen LogP contribution >= 0.6 is 0 Å². The van der Waals surface area contributed by atoms with Gasteiger partial charge in [0.2, 0.25) is 0 Å². The number of nitrogens with zero attached hydrogens (tertiary/aromatic N) is 6. The summed E-state index contributed by atoms with van der Waals surface area (Å²) in [5.74, 6) is -1.73. The Hall–Kier alpha value is -3.22. The van der Waals surface area contributed by atoms with Crippen molar-refractivity contribution in [2.75, 3.05) is 31.1 Å². The highest BCUT2D eigenvalue weighted by molar-refractivity contribution is 5.94. The summed E-state index contributed by atoms with van der Waals surface area (Å²) >= 11 is 0. The van der Waals surface area contributed by atoms with Gasteiger partial charge in [-0.25, -0.2) is 14.5 Å². The second-order valence-electron chi connectivity index (χ2n) is 9.23. The third kappa shape index (κ3) is 6.90. The van der Waals surface area contributed by atoms with E-state index in [1.54, 1.807) is 6.20 Å². The maximum absolute atomic E-state index is 12.5. The van der Waals surface area contributed by atoms with Crippen LogP contribution in [0, 0.1) is 0 Å². The fraction of sp³-hybridized carbons (Fsp3) is 0.591. The minimum atomic E-state index is -5.08. The van der Waals surface area contributed by atoms with Gasteiger partial charge >= 0.3 is 12.1 Å². The number of rotatable bonds is 4. The van der Waals surface area contributed by atoms with Crippen LogP contribution in [-0.2, 0) is 10.3 Å². The second-order valence-corrected chi connectivity index (χ2v) is 9.23. The number of piperidine rings is 1. The van der Waals surface area contributed by atoms with Gasteiger partial charge in [-0.2, -0.15) is 13.2 Å². The van der Waals surface area contributed by atoms with Gasteiger partial charge in [0, 0.05) is 32.4 Å². The lowest BCUT2D eigenvalue weighted by molar-refractivity contribution is -0.192. The molecule has 0 bridgehead atoms. The van der Waals surface area contributed by atoms with Crippen LogP contribution in [0.15, 0.2) is 24.5 Å². The van der Waals surface area contributed by atoms with Crippen LogP contribution in [0.4, 0.5) is 19.0 Å². The summed E-state index contributed by atoms with van der Waals surface area (Å²) in [5.41, 5.74) is 7.13. The van der Waals surface area contributed by atoms with Crippen molar-refractivity contribution in [1.82, 2.24) is 24.9 Å². The van der Waals surface area contributed by atoms with Gasteiger partial charge in [-0.3, -0.25) is 4.79 Å². The topological polar surface area (TPSA) is 130 Å². The molecule has 2 aromatic heterocycles. The predicted octanol–water partition coefficient (Wildman–Crippen LogP) is 2.58. The Morgan fingerprint density at radius 2 is 1.69 bits per heavy atom. The van der Waals surface area contributed by atoms with E-state index < -0.39 is 17.7 Å². The van der Waals surface area contributed by atoms with Crippen LogP contribution in [0.25, 0.3) is 0 Å². The van der Waals surface area contributed by atoms with Gasteiger partial charge in [0.25, 0.3) is 5.91 Å². The number of carbonyl (C=O) groups excluding carboxylic acids is 1. The number of carboxylic acid groups (broad SMARTS) is 1. The Morgan fingerprint density at radius 1 is 1.09 bits per heavy atom. The molecule has 2 aliphatic rings. The fourth-order valence-electron chi connectivity index (χ4n) is 3.91. The van der Waals surface area contributed by atoms with Crippen LogP contribution in [-0.4, -0.2) is 74.2 Å². The highest BCUT2D eigenvalue weighted by Crippen LogP contribution is 2.26. The standard InChI is InChI=1S/C20H29N7O.C2HF3O2/c1-20(2,21)17-14-27(24-23-17)16-7-11-25(12-8-16)18-6-5-15(13-22-18)19(28)26-9-3-4-10-26;3-2(4,5)1(6)7/h5-6,13-14,16H,3-4,7-12,21H2,1-2H3;(H,6,7). The van der Waals surface area contributed by atoms with E-state index in [0.29, 0.717) is 11.6 Å². The van der Waals surface area contributed by atoms with E-state index in [2.05, 4.69) is 20.2 Å². The smallest absolute Gasteiger partial charge is 0.475 e. The molecule has 4 rings (SSSR count). The highest BCUT2D eigenvalue weighted by Gasteiger charge is 2.38. The number of carbonyl (C=O) groups is 2. The first-order valence-electron chi connectivity index (χ1n) is 11.4. The highest BCUT2D eigenvalue weighted by atomic mass is 19.4. The van der Waals surface area contributed by atoms with Crippen molar-refractivity contribution in [2.45, 2.75) is 57.3 Å². The van der Waals surface area contributed by atoms with Crippen molar-refractivity contribution in [2.24, 2.45) is 5.73 Å². The first kappa shape index (κ1) is 26.4. The molecule has 0 atom stereocenters. The number of likely N-dealkylation sites (tertiary alicyclic amines) is 1. The van der Waals surface area contributed by atoms with E-state index in [0.717, 1.165) is 63.4 Å². The number of amides is 1. The molecule has 0 aromatic carbocycles. The summed E-state index contributed by atoms with van der Waals surface area (Å²) in [6.07, 6.45) is 2.75. The number of alkyl halides is 3. The molecule has 0 saturated carbocycles. The number of aliphatic carboxylic acids is 1. The van der Waals surface area contributed by atoms with Gasteiger partial charge in [-0.15, -0.1) is 5.10 Å². The monoisotopic (exact) mass is 497 g/mol. The average molecular weight is 498 g/mol. The molecule has 0 unspecified atom stereocenters. The zero-order chi connectivity index (χ0) is 25.8. The lowest BCUT2D eigenvalue weighted by Crippen LogP contribution is -2.35. The molecule has 192 valence electrons. The van der Waals surface area contributed by atoms with Crippen molar-refractivity contribution in [3.63, 3.8) is 0 Å². The molecule has 10 nitrogen and oxygen atoms in total. The number of anilines is 1. The third-order valence-electron chi connectivity index (χ3n) is 5.96. The van der Waals surface area contributed by atoms with E-state index in [9.17, 15) is 18.0 Å². The van der Waals surface area contributed by atoms with Crippen LogP contribution in [0.1, 0.15) is 61.6 Å². The Bertz CT molecular complexity index is 1000. The molecular weight excluding hydrogens is 467 g/mol. The molecule has 4 heterocycles. The number of pyridine rings is 1. The van der Waals surface area contributed by atoms with Crippen LogP contribution < -0.4 is 10.6 Å². The normalized spacial score (nSPS) is 17.2. The summed E-state index contributed by atoms with van der Waals surface area (Å²) in [6, 6.07) is 4.20. The molecule has 35 heavy (non-hydrogen) atoms. The molecule has 1 amide bonds. The molecule has 0 radical (unpaired) electrons. The maximum Gasteiger partial charge on any atom is 0.490 e. The lowest BCUT2D eigenvalue weighted by atomic mass is 10.0. The molecule has 2 saturated heterocycles. The zero-order valence-electron chi connectivity index (χ0n) is 19.7. The Balaban J connectivity index is 0.000000429. The molecule has 13 heteroatoms. The third-order valence-corrected chi connectivity index (χ3v) is 5.96. The van der Waals surface area contributed by atoms with Crippen molar-refractivity contribution >= 4 is 17.7 Å². The van der Waals surface area contributed by atoms with Gasteiger partial charge in [0.15, 0.2) is 0 Å². The zero-order valence-corrected chi connectivity index (χ0v) is 19.7. The summed E-state index contributed by atoms with van der Waals surface area (Å²) in [5, 5.41) is 15.6. The molecule has 2 aromatic rings. The fourth-order valence-corrected chi connectivity index (χ4v) is 3.91. The first-order valence-corrected chi connectivity index (χ1v) is 11.4. The Labute approximate surface area is 200 Å². The van der Waals surface area contributed by atoms with E-state index in [4.69, 9.17) is 15.6 Å². The lowest BCUT2D eigenvalue weighted by Gasteiger charge is -2.32. The Morgan fingerprint density at radius 3 is 2.14 bits per heavy atom. The number of hydrogen-bond acceptors (Lipinski definition) is 7. The minimum Gasteiger partial charge on any atom is -0.475 e. The van der Waals surface area contributed by atoms with E-state index in [1.807, 2.05) is 41.8 Å². The van der Waals surface area contributed by atoms with Crippen LogP contribution in [0.3, 0.4) is 0 Å². The van der Waals surface area contributed by atoms with Crippen LogP contribution in [0.5, 0.6) is 0 Å². The number of halogens is 3. The quantitative estimate of drug-likeness (QED) is 0.659. The van der Waals surface area contributed by atoms with Gasteiger partial charge < -0.3 is 20.6 Å². The molecule has 3 N–H and O–H groups in total. The van der Waals surface area contributed by atoms with E-state index in [1.165, 1.54) is 0 Å². The van der Waals surface area contributed by atoms with E-state index >= 15 is 0 Å². The maximum atomic E-state index is 12.5. The summed E-state index contributed by atoms with van der Waals surface area (Å²) in [4.78, 5) is 30.1. The van der Waals surface area contributed by atoms with Crippen molar-refractivity contribution < 1.29 is 27.9 Å². The van der Waals surface area contributed by atoms with Crippen molar-refractivity contribution in [1.29, 1.82) is 0 Å².